The van der Waals surface area contributed by atoms with Gasteiger partial charge in [0.05, 0.1) is 5.69 Å². The molecule has 0 aliphatic rings. The summed E-state index contributed by atoms with van der Waals surface area (Å²) >= 11 is 1.46. The summed E-state index contributed by atoms with van der Waals surface area (Å²) in [5.74, 6) is 0.495. The Balaban J connectivity index is 1.62. The fourth-order valence-electron chi connectivity index (χ4n) is 3.22. The number of rotatable bonds is 5. The maximum Gasteiger partial charge on any atom is 0.190 e. The van der Waals surface area contributed by atoms with Crippen molar-refractivity contribution >= 4 is 28.4 Å². The summed E-state index contributed by atoms with van der Waals surface area (Å²) in [5.41, 5.74) is 8.66. The minimum Gasteiger partial charge on any atom is -0.382 e. The summed E-state index contributed by atoms with van der Waals surface area (Å²) in [4.78, 5) is 8.84. The maximum atomic E-state index is 13.5. The molecule has 0 saturated heterocycles. The summed E-state index contributed by atoms with van der Waals surface area (Å²) < 4.78 is 13.5. The molecule has 2 N–H and O–H groups in total. The molecule has 0 unspecified atom stereocenters. The third-order valence-corrected chi connectivity index (χ3v) is 5.50. The van der Waals surface area contributed by atoms with Crippen molar-refractivity contribution in [1.29, 1.82) is 5.26 Å². The normalized spacial score (nSPS) is 10.8. The molecule has 6 heteroatoms. The highest BCUT2D eigenvalue weighted by Crippen LogP contribution is 2.27. The fraction of sp³-hybridized carbons (Fsp3) is 0.0870. The van der Waals surface area contributed by atoms with E-state index in [0.717, 1.165) is 5.56 Å². The maximum absolute atomic E-state index is 13.5. The van der Waals surface area contributed by atoms with E-state index in [-0.39, 0.29) is 17.2 Å². The number of fused-ring (bicyclic) bond motifs is 1. The predicted octanol–water partition coefficient (Wildman–Crippen LogP) is 5.11. The molecule has 4 nitrogen and oxygen atoms in total. The molecule has 0 atom stereocenters. The largest absolute Gasteiger partial charge is 0.382 e. The molecule has 0 bridgehead atoms. The van der Waals surface area contributed by atoms with E-state index < -0.39 is 0 Å². The number of benzene rings is 3. The van der Waals surface area contributed by atoms with Crippen LogP contribution in [0.2, 0.25) is 0 Å². The van der Waals surface area contributed by atoms with E-state index in [0.29, 0.717) is 23.0 Å². The zero-order valence-electron chi connectivity index (χ0n) is 15.5. The van der Waals surface area contributed by atoms with E-state index in [1.54, 1.807) is 12.1 Å². The SMILES string of the molecule is N#Cc1c(N)nc(SCc2cccc3ccccc23)nc1Cc1cccc(F)c1. The highest BCUT2D eigenvalue weighted by Gasteiger charge is 2.14. The van der Waals surface area contributed by atoms with Gasteiger partial charge in [-0.15, -0.1) is 0 Å². The third kappa shape index (κ3) is 4.20. The first kappa shape index (κ1) is 18.9. The van der Waals surface area contributed by atoms with Crippen LogP contribution in [0.3, 0.4) is 0 Å². The molecule has 4 rings (SSSR count). The standard InChI is InChI=1S/C23H17FN4S/c24-18-9-3-5-15(11-18)12-21-20(13-25)22(26)28-23(27-21)29-14-17-8-4-7-16-6-1-2-10-19(16)17/h1-11H,12,14H2,(H2,26,27,28). The lowest BCUT2D eigenvalue weighted by molar-refractivity contribution is 0.626. The topological polar surface area (TPSA) is 75.6 Å². The summed E-state index contributed by atoms with van der Waals surface area (Å²) in [6.45, 7) is 0. The molecular formula is C23H17FN4S. The van der Waals surface area contributed by atoms with Gasteiger partial charge in [-0.05, 0) is 34.0 Å². The number of nitrogens with zero attached hydrogens (tertiary/aromatic N) is 3. The molecule has 1 heterocycles. The number of nitriles is 1. The van der Waals surface area contributed by atoms with Gasteiger partial charge in [0.15, 0.2) is 5.16 Å². The van der Waals surface area contributed by atoms with Gasteiger partial charge in [0, 0.05) is 12.2 Å². The summed E-state index contributed by atoms with van der Waals surface area (Å²) in [6, 6.07) is 22.7. The van der Waals surface area contributed by atoms with Crippen LogP contribution in [-0.4, -0.2) is 9.97 Å². The van der Waals surface area contributed by atoms with Crippen molar-refractivity contribution in [3.8, 4) is 6.07 Å². The Hall–Kier alpha value is -3.43. The minimum absolute atomic E-state index is 0.148. The Morgan fingerprint density at radius 2 is 1.79 bits per heavy atom. The molecule has 0 saturated carbocycles. The number of nitrogen functional groups attached to an aromatic ring is 1. The number of aromatic nitrogens is 2. The van der Waals surface area contributed by atoms with Crippen molar-refractivity contribution in [3.05, 3.63) is 94.9 Å². The van der Waals surface area contributed by atoms with Crippen molar-refractivity contribution in [3.63, 3.8) is 0 Å². The Bertz CT molecular complexity index is 1230. The van der Waals surface area contributed by atoms with Crippen LogP contribution >= 0.6 is 11.8 Å². The summed E-state index contributed by atoms with van der Waals surface area (Å²) in [5, 5.41) is 12.3. The zero-order valence-corrected chi connectivity index (χ0v) is 16.3. The lowest BCUT2D eigenvalue weighted by atomic mass is 10.1. The van der Waals surface area contributed by atoms with Gasteiger partial charge in [0.2, 0.25) is 0 Å². The van der Waals surface area contributed by atoms with Crippen molar-refractivity contribution in [2.24, 2.45) is 0 Å². The number of nitrogens with two attached hydrogens (primary N) is 1. The number of thioether (sulfide) groups is 1. The molecule has 29 heavy (non-hydrogen) atoms. The Labute approximate surface area is 172 Å². The van der Waals surface area contributed by atoms with Crippen LogP contribution in [0.1, 0.15) is 22.4 Å². The van der Waals surface area contributed by atoms with Gasteiger partial charge in [-0.25, -0.2) is 14.4 Å². The second-order valence-electron chi connectivity index (χ2n) is 6.56. The molecule has 0 aliphatic heterocycles. The van der Waals surface area contributed by atoms with Gasteiger partial charge >= 0.3 is 0 Å². The molecule has 0 spiro atoms. The summed E-state index contributed by atoms with van der Waals surface area (Å²) in [7, 11) is 0. The first-order valence-electron chi connectivity index (χ1n) is 9.04. The van der Waals surface area contributed by atoms with Crippen molar-refractivity contribution in [2.45, 2.75) is 17.3 Å². The van der Waals surface area contributed by atoms with E-state index in [4.69, 9.17) is 5.73 Å². The first-order chi connectivity index (χ1) is 14.1. The second-order valence-corrected chi connectivity index (χ2v) is 7.50. The Morgan fingerprint density at radius 1 is 1.00 bits per heavy atom. The highest BCUT2D eigenvalue weighted by atomic mass is 32.2. The van der Waals surface area contributed by atoms with Gasteiger partial charge in [-0.2, -0.15) is 5.26 Å². The lowest BCUT2D eigenvalue weighted by Gasteiger charge is -2.10. The van der Waals surface area contributed by atoms with Gasteiger partial charge in [0.1, 0.15) is 23.3 Å². The Kier molecular flexibility index (Phi) is 5.41. The third-order valence-electron chi connectivity index (χ3n) is 4.60. The fourth-order valence-corrected chi connectivity index (χ4v) is 4.09. The van der Waals surface area contributed by atoms with Crippen molar-refractivity contribution in [2.75, 3.05) is 5.73 Å². The smallest absolute Gasteiger partial charge is 0.190 e. The van der Waals surface area contributed by atoms with Gasteiger partial charge in [-0.3, -0.25) is 0 Å². The lowest BCUT2D eigenvalue weighted by Crippen LogP contribution is -2.06. The van der Waals surface area contributed by atoms with Crippen molar-refractivity contribution in [1.82, 2.24) is 9.97 Å². The van der Waals surface area contributed by atoms with Crippen LogP contribution in [0.15, 0.2) is 71.9 Å². The van der Waals surface area contributed by atoms with E-state index in [2.05, 4.69) is 40.3 Å². The van der Waals surface area contributed by atoms with Gasteiger partial charge in [0.25, 0.3) is 0 Å². The molecule has 3 aromatic carbocycles. The first-order valence-corrected chi connectivity index (χ1v) is 10.0. The molecule has 0 radical (unpaired) electrons. The number of halogens is 1. The summed E-state index contributed by atoms with van der Waals surface area (Å²) in [6.07, 6.45) is 0.315. The van der Waals surface area contributed by atoms with E-state index in [1.165, 1.54) is 40.2 Å². The monoisotopic (exact) mass is 400 g/mol. The number of hydrogen-bond donors (Lipinski definition) is 1. The molecule has 142 valence electrons. The van der Waals surface area contributed by atoms with Crippen LogP contribution in [0, 0.1) is 17.1 Å². The minimum atomic E-state index is -0.325. The van der Waals surface area contributed by atoms with Crippen LogP contribution in [0.25, 0.3) is 10.8 Å². The average Bonchev–Trinajstić information content (AvgIpc) is 2.72. The van der Waals surface area contributed by atoms with Gasteiger partial charge in [-0.1, -0.05) is 66.4 Å². The van der Waals surface area contributed by atoms with E-state index >= 15 is 0 Å². The molecule has 0 amide bonds. The number of hydrogen-bond acceptors (Lipinski definition) is 5. The van der Waals surface area contributed by atoms with Crippen LogP contribution in [0.4, 0.5) is 10.2 Å². The quantitative estimate of drug-likeness (QED) is 0.372. The van der Waals surface area contributed by atoms with Crippen LogP contribution in [0.5, 0.6) is 0 Å². The van der Waals surface area contributed by atoms with Crippen LogP contribution < -0.4 is 5.73 Å². The molecule has 0 aliphatic carbocycles. The number of anilines is 1. The molecule has 0 fully saturated rings. The van der Waals surface area contributed by atoms with Gasteiger partial charge < -0.3 is 5.73 Å². The Morgan fingerprint density at radius 3 is 2.62 bits per heavy atom. The van der Waals surface area contributed by atoms with E-state index in [1.807, 2.05) is 18.2 Å². The van der Waals surface area contributed by atoms with Crippen LogP contribution in [-0.2, 0) is 12.2 Å². The average molecular weight is 400 g/mol. The predicted molar refractivity (Wildman–Crippen MR) is 114 cm³/mol. The van der Waals surface area contributed by atoms with Crippen molar-refractivity contribution < 1.29 is 4.39 Å². The molecule has 4 aromatic rings. The zero-order chi connectivity index (χ0) is 20.2. The van der Waals surface area contributed by atoms with E-state index in [9.17, 15) is 9.65 Å². The molecule has 1 aromatic heterocycles. The second kappa shape index (κ2) is 8.29. The molecular weight excluding hydrogens is 383 g/mol. The highest BCUT2D eigenvalue weighted by molar-refractivity contribution is 7.98.